The second-order valence-electron chi connectivity index (χ2n) is 4.31. The van der Waals surface area contributed by atoms with Crippen molar-refractivity contribution in [3.05, 3.63) is 74.7 Å². The smallest absolute Gasteiger partial charge is 0.244 e. The molecule has 0 unspecified atom stereocenters. The minimum absolute atomic E-state index is 0.221. The summed E-state index contributed by atoms with van der Waals surface area (Å²) in [6.07, 6.45) is 3.10. The van der Waals surface area contributed by atoms with Crippen molar-refractivity contribution in [3.63, 3.8) is 0 Å². The highest BCUT2D eigenvalue weighted by Gasteiger charge is 2.03. The monoisotopic (exact) mass is 339 g/mol. The van der Waals surface area contributed by atoms with Gasteiger partial charge in [-0.3, -0.25) is 4.79 Å². The van der Waals surface area contributed by atoms with Crippen LogP contribution in [0.1, 0.15) is 11.1 Å². The highest BCUT2D eigenvalue weighted by atomic mass is 35.5. The minimum atomic E-state index is -0.221. The van der Waals surface area contributed by atoms with Gasteiger partial charge < -0.3 is 5.32 Å². The molecule has 2 nitrogen and oxygen atoms in total. The molecule has 0 aliphatic heterocycles. The number of hydrogen-bond acceptors (Lipinski definition) is 1. The highest BCUT2D eigenvalue weighted by molar-refractivity contribution is 6.35. The minimum Gasteiger partial charge on any atom is -0.348 e. The van der Waals surface area contributed by atoms with Gasteiger partial charge in [0.25, 0.3) is 0 Å². The summed E-state index contributed by atoms with van der Waals surface area (Å²) in [5, 5.41) is 4.44. The number of amides is 1. The topological polar surface area (TPSA) is 29.1 Å². The van der Waals surface area contributed by atoms with Crippen LogP contribution in [-0.4, -0.2) is 5.91 Å². The Morgan fingerprint density at radius 2 is 1.81 bits per heavy atom. The van der Waals surface area contributed by atoms with E-state index in [2.05, 4.69) is 5.32 Å². The van der Waals surface area contributed by atoms with E-state index in [-0.39, 0.29) is 5.91 Å². The van der Waals surface area contributed by atoms with Crippen LogP contribution in [-0.2, 0) is 11.3 Å². The lowest BCUT2D eigenvalue weighted by Crippen LogP contribution is -2.20. The third kappa shape index (κ3) is 4.78. The van der Waals surface area contributed by atoms with Crippen molar-refractivity contribution in [2.45, 2.75) is 6.54 Å². The summed E-state index contributed by atoms with van der Waals surface area (Å²) in [5.41, 5.74) is 1.60. The highest BCUT2D eigenvalue weighted by Crippen LogP contribution is 2.20. The molecule has 0 saturated heterocycles. The van der Waals surface area contributed by atoms with Crippen molar-refractivity contribution < 1.29 is 4.79 Å². The Kier molecular flexibility index (Phi) is 5.68. The Morgan fingerprint density at radius 1 is 1.05 bits per heavy atom. The molecule has 0 saturated carbocycles. The first-order valence-electron chi connectivity index (χ1n) is 6.20. The zero-order valence-corrected chi connectivity index (χ0v) is 13.2. The molecule has 0 bridgehead atoms. The average Bonchev–Trinajstić information content (AvgIpc) is 2.45. The fourth-order valence-electron chi connectivity index (χ4n) is 1.68. The van der Waals surface area contributed by atoms with E-state index in [1.165, 1.54) is 6.08 Å². The Morgan fingerprint density at radius 3 is 2.52 bits per heavy atom. The van der Waals surface area contributed by atoms with Crippen molar-refractivity contribution in [1.29, 1.82) is 0 Å². The van der Waals surface area contributed by atoms with Gasteiger partial charge in [-0.15, -0.1) is 0 Å². The molecule has 2 aromatic rings. The second kappa shape index (κ2) is 7.51. The molecule has 0 spiro atoms. The molecule has 0 aromatic heterocycles. The lowest BCUT2D eigenvalue weighted by Gasteiger charge is -2.05. The molecule has 5 heteroatoms. The molecule has 1 N–H and O–H groups in total. The van der Waals surface area contributed by atoms with E-state index in [9.17, 15) is 4.79 Å². The van der Waals surface area contributed by atoms with Gasteiger partial charge in [-0.1, -0.05) is 59.1 Å². The maximum absolute atomic E-state index is 11.8. The molecule has 0 atom stereocenters. The third-order valence-corrected chi connectivity index (χ3v) is 3.72. The Balaban J connectivity index is 1.95. The van der Waals surface area contributed by atoms with Crippen molar-refractivity contribution in [3.8, 4) is 0 Å². The number of nitrogens with one attached hydrogen (secondary N) is 1. The van der Waals surface area contributed by atoms with Crippen LogP contribution in [0.15, 0.2) is 48.5 Å². The lowest BCUT2D eigenvalue weighted by molar-refractivity contribution is -0.116. The van der Waals surface area contributed by atoms with Gasteiger partial charge >= 0.3 is 0 Å². The molecule has 0 aliphatic rings. The maximum Gasteiger partial charge on any atom is 0.244 e. The van der Waals surface area contributed by atoms with Crippen LogP contribution in [0.4, 0.5) is 0 Å². The fraction of sp³-hybridized carbons (Fsp3) is 0.0625. The van der Waals surface area contributed by atoms with Crippen molar-refractivity contribution in [2.75, 3.05) is 0 Å². The predicted molar refractivity (Wildman–Crippen MR) is 88.8 cm³/mol. The molecule has 108 valence electrons. The van der Waals surface area contributed by atoms with Crippen molar-refractivity contribution in [1.82, 2.24) is 5.32 Å². The van der Waals surface area contributed by atoms with E-state index in [1.807, 2.05) is 18.2 Å². The van der Waals surface area contributed by atoms with Crippen LogP contribution in [0.25, 0.3) is 6.08 Å². The molecule has 0 aliphatic carbocycles. The molecule has 1 amide bonds. The summed E-state index contributed by atoms with van der Waals surface area (Å²) < 4.78 is 0. The Hall–Kier alpha value is -1.48. The lowest BCUT2D eigenvalue weighted by atomic mass is 10.2. The Labute approximate surface area is 138 Å². The molecule has 21 heavy (non-hydrogen) atoms. The van der Waals surface area contributed by atoms with E-state index < -0.39 is 0 Å². The molecular formula is C16H12Cl3NO. The molecule has 2 aromatic carbocycles. The average molecular weight is 341 g/mol. The number of hydrogen-bond donors (Lipinski definition) is 1. The van der Waals surface area contributed by atoms with Gasteiger partial charge in [0.15, 0.2) is 0 Å². The standard InChI is InChI=1S/C16H12Cl3NO/c17-13-7-5-12(15(19)9-13)10-20-16(21)8-6-11-3-1-2-4-14(11)18/h1-9H,10H2,(H,20,21)/b8-6-. The number of carbonyl (C=O) groups excluding carboxylic acids is 1. The summed E-state index contributed by atoms with van der Waals surface area (Å²) in [4.78, 5) is 11.8. The van der Waals surface area contributed by atoms with Gasteiger partial charge in [-0.25, -0.2) is 0 Å². The van der Waals surface area contributed by atoms with E-state index in [0.717, 1.165) is 11.1 Å². The van der Waals surface area contributed by atoms with E-state index in [4.69, 9.17) is 34.8 Å². The first-order valence-corrected chi connectivity index (χ1v) is 7.34. The van der Waals surface area contributed by atoms with Crippen LogP contribution in [0.3, 0.4) is 0 Å². The third-order valence-electron chi connectivity index (χ3n) is 2.79. The molecule has 0 fully saturated rings. The van der Waals surface area contributed by atoms with E-state index in [1.54, 1.807) is 30.3 Å². The summed E-state index contributed by atoms with van der Waals surface area (Å²) >= 11 is 17.9. The number of benzene rings is 2. The predicted octanol–water partition coefficient (Wildman–Crippen LogP) is 4.98. The second-order valence-corrected chi connectivity index (χ2v) is 5.56. The maximum atomic E-state index is 11.8. The SMILES string of the molecule is O=C(/C=C\c1ccccc1Cl)NCc1ccc(Cl)cc1Cl. The van der Waals surface area contributed by atoms with Crippen molar-refractivity contribution >= 4 is 46.8 Å². The van der Waals surface area contributed by atoms with Gasteiger partial charge in [0.2, 0.25) is 5.91 Å². The van der Waals surface area contributed by atoms with Gasteiger partial charge in [0.1, 0.15) is 0 Å². The zero-order valence-electron chi connectivity index (χ0n) is 10.9. The van der Waals surface area contributed by atoms with Gasteiger partial charge in [0.05, 0.1) is 0 Å². The fourth-order valence-corrected chi connectivity index (χ4v) is 2.36. The van der Waals surface area contributed by atoms with Gasteiger partial charge in [-0.2, -0.15) is 0 Å². The summed E-state index contributed by atoms with van der Waals surface area (Å²) in [5.74, 6) is -0.221. The van der Waals surface area contributed by atoms with Crippen molar-refractivity contribution in [2.24, 2.45) is 0 Å². The molecule has 0 heterocycles. The van der Waals surface area contributed by atoms with Crippen LogP contribution in [0.2, 0.25) is 15.1 Å². The number of rotatable bonds is 4. The van der Waals surface area contributed by atoms with Crippen LogP contribution in [0.5, 0.6) is 0 Å². The largest absolute Gasteiger partial charge is 0.348 e. The molecule has 0 radical (unpaired) electrons. The quantitative estimate of drug-likeness (QED) is 0.782. The summed E-state index contributed by atoms with van der Waals surface area (Å²) in [7, 11) is 0. The van der Waals surface area contributed by atoms with Gasteiger partial charge in [0, 0.05) is 27.7 Å². The number of carbonyl (C=O) groups is 1. The normalized spacial score (nSPS) is 10.8. The molecule has 2 rings (SSSR count). The first kappa shape index (κ1) is 15.9. The first-order chi connectivity index (χ1) is 10.1. The summed E-state index contributed by atoms with van der Waals surface area (Å²) in [6.45, 7) is 0.335. The van der Waals surface area contributed by atoms with E-state index >= 15 is 0 Å². The Bertz CT molecular complexity index is 683. The van der Waals surface area contributed by atoms with E-state index in [0.29, 0.717) is 21.6 Å². The van der Waals surface area contributed by atoms with Gasteiger partial charge in [-0.05, 0) is 35.4 Å². The molecular weight excluding hydrogens is 329 g/mol. The van der Waals surface area contributed by atoms with Crippen LogP contribution >= 0.6 is 34.8 Å². The number of halogens is 3. The summed E-state index contributed by atoms with van der Waals surface area (Å²) in [6, 6.07) is 12.5. The van der Waals surface area contributed by atoms with Crippen LogP contribution in [0, 0.1) is 0 Å². The zero-order chi connectivity index (χ0) is 15.2. The van der Waals surface area contributed by atoms with Crippen LogP contribution < -0.4 is 5.32 Å².